The Labute approximate surface area is 243 Å². The van der Waals surface area contributed by atoms with Gasteiger partial charge in [-0.05, 0) is 57.7 Å². The summed E-state index contributed by atoms with van der Waals surface area (Å²) in [7, 11) is -1.72. The molecule has 1 aliphatic heterocycles. The van der Waals surface area contributed by atoms with Crippen molar-refractivity contribution in [2.75, 3.05) is 24.0 Å². The third kappa shape index (κ3) is 7.84. The van der Waals surface area contributed by atoms with Gasteiger partial charge in [0, 0.05) is 10.9 Å². The van der Waals surface area contributed by atoms with Gasteiger partial charge < -0.3 is 24.3 Å². The number of halogens is 1. The maximum atomic E-state index is 12.4. The SMILES string of the molecule is CSNNc1nc(N)nc2c1ncn2C1OC(COP(NC(C)C(=O)OC(C)C)Oc2ccc(Cl)cc2)CC1C. The Hall–Kier alpha value is -2.45. The summed E-state index contributed by atoms with van der Waals surface area (Å²) in [6.07, 6.45) is 3.45. The fraction of sp³-hybridized carbons (Fsp3) is 0.500. The second-order valence-corrected chi connectivity index (χ2v) is 11.7. The molecule has 5 N–H and O–H groups in total. The van der Waals surface area contributed by atoms with E-state index < -0.39 is 20.5 Å². The fourth-order valence-corrected chi connectivity index (χ4v) is 5.59. The van der Waals surface area contributed by atoms with Crippen molar-refractivity contribution in [2.45, 2.75) is 58.6 Å². The first-order chi connectivity index (χ1) is 19.1. The van der Waals surface area contributed by atoms with Crippen LogP contribution in [-0.2, 0) is 18.8 Å². The number of hydrazine groups is 1. The van der Waals surface area contributed by atoms with Crippen molar-refractivity contribution in [3.05, 3.63) is 35.6 Å². The van der Waals surface area contributed by atoms with Crippen LogP contribution in [-0.4, -0.2) is 56.6 Å². The lowest BCUT2D eigenvalue weighted by Crippen LogP contribution is -2.35. The molecular weight excluding hydrogens is 579 g/mol. The molecule has 0 saturated carbocycles. The molecule has 4 rings (SSSR count). The highest BCUT2D eigenvalue weighted by Gasteiger charge is 2.36. The quantitative estimate of drug-likeness (QED) is 0.0929. The molecule has 5 unspecified atom stereocenters. The van der Waals surface area contributed by atoms with E-state index in [-0.39, 0.29) is 36.9 Å². The normalized spacial score (nSPS) is 20.5. The highest BCUT2D eigenvalue weighted by molar-refractivity contribution is 7.96. The van der Waals surface area contributed by atoms with E-state index in [0.29, 0.717) is 27.8 Å². The number of carbonyl (C=O) groups is 1. The van der Waals surface area contributed by atoms with Crippen molar-refractivity contribution in [3.8, 4) is 5.75 Å². The number of nitrogens with one attached hydrogen (secondary N) is 3. The number of nitrogens with zero attached hydrogens (tertiary/aromatic N) is 4. The molecule has 1 aliphatic rings. The average molecular weight is 613 g/mol. The Morgan fingerprint density at radius 1 is 1.30 bits per heavy atom. The summed E-state index contributed by atoms with van der Waals surface area (Å²) in [6, 6.07) is 6.26. The number of fused-ring (bicyclic) bond motifs is 1. The van der Waals surface area contributed by atoms with Crippen LogP contribution in [0, 0.1) is 5.92 Å². The van der Waals surface area contributed by atoms with E-state index in [1.54, 1.807) is 51.4 Å². The standard InChI is InChI=1S/C24H34ClN8O5PS/c1-13(2)36-23(34)15(4)31-39(38-17-8-6-16(25)7-9-17)35-11-18-10-14(3)22(37-18)33-12-27-19-20(30-32-40-5)28-24(26)29-21(19)33/h6-9,12-15,18,22,31-32H,10-11H2,1-5H3,(H3,26,28,29,30). The molecule has 2 aromatic heterocycles. The second-order valence-electron chi connectivity index (χ2n) is 9.48. The van der Waals surface area contributed by atoms with Gasteiger partial charge in [0.05, 0.1) is 25.1 Å². The third-order valence-corrected chi connectivity index (χ3v) is 7.74. The summed E-state index contributed by atoms with van der Waals surface area (Å²) in [5.74, 6) is 0.868. The molecule has 218 valence electrons. The number of hydrogen-bond acceptors (Lipinski definition) is 13. The minimum atomic E-state index is -1.72. The van der Waals surface area contributed by atoms with Crippen LogP contribution < -0.4 is 25.6 Å². The Morgan fingerprint density at radius 2 is 2.05 bits per heavy atom. The average Bonchev–Trinajstić information content (AvgIpc) is 3.49. The number of imidazole rings is 1. The van der Waals surface area contributed by atoms with E-state index in [9.17, 15) is 4.79 Å². The molecule has 3 heterocycles. The minimum absolute atomic E-state index is 0.117. The van der Waals surface area contributed by atoms with E-state index in [4.69, 9.17) is 35.9 Å². The predicted molar refractivity (Wildman–Crippen MR) is 156 cm³/mol. The van der Waals surface area contributed by atoms with Gasteiger partial charge in [0.1, 0.15) is 18.0 Å². The van der Waals surface area contributed by atoms with Gasteiger partial charge in [-0.3, -0.25) is 14.8 Å². The summed E-state index contributed by atoms with van der Waals surface area (Å²) in [6.45, 7) is 7.61. The summed E-state index contributed by atoms with van der Waals surface area (Å²) in [4.78, 5) is 28.5. The molecule has 40 heavy (non-hydrogen) atoms. The predicted octanol–water partition coefficient (Wildman–Crippen LogP) is 4.43. The van der Waals surface area contributed by atoms with Crippen LogP contribution in [0.4, 0.5) is 11.8 Å². The number of aromatic nitrogens is 4. The first-order valence-corrected chi connectivity index (χ1v) is 15.4. The zero-order valence-electron chi connectivity index (χ0n) is 22.8. The molecule has 1 fully saturated rings. The van der Waals surface area contributed by atoms with Gasteiger partial charge in [-0.1, -0.05) is 30.5 Å². The van der Waals surface area contributed by atoms with Crippen LogP contribution in [0.1, 0.15) is 40.3 Å². The molecule has 0 aliphatic carbocycles. The number of benzene rings is 1. The number of anilines is 2. The second kappa shape index (κ2) is 13.9. The van der Waals surface area contributed by atoms with Gasteiger partial charge in [0.25, 0.3) is 0 Å². The molecule has 1 aromatic carbocycles. The first kappa shape index (κ1) is 30.5. The zero-order valence-corrected chi connectivity index (χ0v) is 25.3. The highest BCUT2D eigenvalue weighted by Crippen LogP contribution is 2.41. The number of rotatable bonds is 13. The van der Waals surface area contributed by atoms with Crippen LogP contribution in [0.15, 0.2) is 30.6 Å². The molecule has 5 atom stereocenters. The van der Waals surface area contributed by atoms with Crippen molar-refractivity contribution in [2.24, 2.45) is 5.92 Å². The smallest absolute Gasteiger partial charge is 0.323 e. The van der Waals surface area contributed by atoms with E-state index in [1.807, 2.05) is 10.8 Å². The van der Waals surface area contributed by atoms with Crippen molar-refractivity contribution in [3.63, 3.8) is 0 Å². The summed E-state index contributed by atoms with van der Waals surface area (Å²) >= 11 is 7.39. The molecule has 13 nitrogen and oxygen atoms in total. The fourth-order valence-electron chi connectivity index (χ4n) is 4.05. The Balaban J connectivity index is 1.44. The number of ether oxygens (including phenoxy) is 2. The Morgan fingerprint density at radius 3 is 2.75 bits per heavy atom. The van der Waals surface area contributed by atoms with E-state index in [2.05, 4.69) is 37.2 Å². The van der Waals surface area contributed by atoms with Crippen molar-refractivity contribution in [1.29, 1.82) is 0 Å². The van der Waals surface area contributed by atoms with Crippen LogP contribution in [0.3, 0.4) is 0 Å². The molecule has 0 spiro atoms. The zero-order chi connectivity index (χ0) is 28.8. The van der Waals surface area contributed by atoms with Crippen LogP contribution >= 0.6 is 32.1 Å². The van der Waals surface area contributed by atoms with Gasteiger partial charge in [-0.25, -0.2) is 10.1 Å². The van der Waals surface area contributed by atoms with Gasteiger partial charge in [0.15, 0.2) is 17.0 Å². The monoisotopic (exact) mass is 612 g/mol. The maximum absolute atomic E-state index is 12.4. The van der Waals surface area contributed by atoms with Crippen molar-refractivity contribution in [1.82, 2.24) is 29.4 Å². The molecular formula is C24H34ClN8O5PS. The van der Waals surface area contributed by atoms with E-state index >= 15 is 0 Å². The number of carbonyl (C=O) groups excluding carboxylic acids is 1. The minimum Gasteiger partial charge on any atom is -0.462 e. The van der Waals surface area contributed by atoms with Crippen LogP contribution in [0.5, 0.6) is 5.75 Å². The van der Waals surface area contributed by atoms with E-state index in [1.165, 1.54) is 11.9 Å². The van der Waals surface area contributed by atoms with E-state index in [0.717, 1.165) is 6.42 Å². The van der Waals surface area contributed by atoms with Gasteiger partial charge >= 0.3 is 14.5 Å². The number of esters is 1. The molecule has 0 bridgehead atoms. The molecule has 0 amide bonds. The Kier molecular flexibility index (Phi) is 10.6. The summed E-state index contributed by atoms with van der Waals surface area (Å²) in [5.41, 5.74) is 10.1. The highest BCUT2D eigenvalue weighted by atomic mass is 35.5. The van der Waals surface area contributed by atoms with Crippen LogP contribution in [0.25, 0.3) is 11.2 Å². The Bertz CT molecular complexity index is 1290. The maximum Gasteiger partial charge on any atom is 0.323 e. The van der Waals surface area contributed by atoms with Gasteiger partial charge in [-0.15, -0.1) is 0 Å². The largest absolute Gasteiger partial charge is 0.462 e. The number of nitrogen functional groups attached to an aromatic ring is 1. The summed E-state index contributed by atoms with van der Waals surface area (Å²) in [5, 5.41) is 3.69. The third-order valence-electron chi connectivity index (χ3n) is 5.82. The van der Waals surface area contributed by atoms with Crippen molar-refractivity contribution < 1.29 is 23.3 Å². The topological polar surface area (TPSA) is 160 Å². The number of nitrogens with two attached hydrogens (primary N) is 1. The molecule has 3 aromatic rings. The lowest BCUT2D eigenvalue weighted by molar-refractivity contribution is -0.149. The summed E-state index contributed by atoms with van der Waals surface area (Å²) < 4.78 is 25.8. The molecule has 0 radical (unpaired) electrons. The molecule has 1 saturated heterocycles. The van der Waals surface area contributed by atoms with Crippen LogP contribution in [0.2, 0.25) is 5.02 Å². The number of hydrogen-bond donors (Lipinski definition) is 4. The van der Waals surface area contributed by atoms with Gasteiger partial charge in [0.2, 0.25) is 5.95 Å². The van der Waals surface area contributed by atoms with Gasteiger partial charge in [-0.2, -0.15) is 14.8 Å². The molecule has 16 heteroatoms. The first-order valence-electron chi connectivity index (χ1n) is 12.7. The van der Waals surface area contributed by atoms with Crippen molar-refractivity contribution >= 4 is 61.0 Å². The lowest BCUT2D eigenvalue weighted by atomic mass is 10.1. The lowest BCUT2D eigenvalue weighted by Gasteiger charge is -2.23.